The van der Waals surface area contributed by atoms with Crippen molar-refractivity contribution in [3.8, 4) is 0 Å². The number of rotatable bonds is 2. The topological polar surface area (TPSA) is 38.7 Å². The first-order valence-electron chi connectivity index (χ1n) is 5.47. The van der Waals surface area contributed by atoms with Crippen LogP contribution in [0.3, 0.4) is 0 Å². The van der Waals surface area contributed by atoms with Gasteiger partial charge in [0.05, 0.1) is 13.2 Å². The van der Waals surface area contributed by atoms with E-state index in [0.717, 1.165) is 5.57 Å². The van der Waals surface area contributed by atoms with Crippen LogP contribution in [0.15, 0.2) is 40.9 Å². The van der Waals surface area contributed by atoms with Gasteiger partial charge in [-0.2, -0.15) is 0 Å². The van der Waals surface area contributed by atoms with Gasteiger partial charge >= 0.3 is 0 Å². The summed E-state index contributed by atoms with van der Waals surface area (Å²) in [6.45, 7) is 1.87. The standard InChI is InChI=1S/C13H15NO2/c1-3-12(15)10-8-13(16-2)14-11-7-5-4-6-9(10)11/h4-9,11H,3H2,1-2H3/t9?,11-/m0/s1. The highest BCUT2D eigenvalue weighted by molar-refractivity contribution is 6.04. The van der Waals surface area contributed by atoms with Crippen LogP contribution in [0.1, 0.15) is 13.3 Å². The van der Waals surface area contributed by atoms with Gasteiger partial charge in [-0.1, -0.05) is 31.2 Å². The van der Waals surface area contributed by atoms with E-state index in [9.17, 15) is 4.79 Å². The fourth-order valence-corrected chi connectivity index (χ4v) is 2.00. The summed E-state index contributed by atoms with van der Waals surface area (Å²) in [6, 6.07) is 0.00968. The summed E-state index contributed by atoms with van der Waals surface area (Å²) >= 11 is 0. The summed E-state index contributed by atoms with van der Waals surface area (Å²) in [7, 11) is 1.58. The summed E-state index contributed by atoms with van der Waals surface area (Å²) in [5.74, 6) is 0.786. The zero-order valence-electron chi connectivity index (χ0n) is 9.51. The third kappa shape index (κ3) is 1.85. The van der Waals surface area contributed by atoms with Crippen molar-refractivity contribution < 1.29 is 9.53 Å². The van der Waals surface area contributed by atoms with Gasteiger partial charge in [0.2, 0.25) is 5.90 Å². The lowest BCUT2D eigenvalue weighted by molar-refractivity contribution is -0.115. The van der Waals surface area contributed by atoms with E-state index in [1.165, 1.54) is 0 Å². The molecule has 1 heterocycles. The minimum Gasteiger partial charge on any atom is -0.481 e. The monoisotopic (exact) mass is 217 g/mol. The number of hydrogen-bond donors (Lipinski definition) is 0. The molecule has 0 aromatic heterocycles. The molecule has 3 heteroatoms. The summed E-state index contributed by atoms with van der Waals surface area (Å²) in [4.78, 5) is 16.3. The van der Waals surface area contributed by atoms with E-state index in [0.29, 0.717) is 12.3 Å². The van der Waals surface area contributed by atoms with Crippen LogP contribution >= 0.6 is 0 Å². The van der Waals surface area contributed by atoms with Crippen molar-refractivity contribution >= 4 is 11.7 Å². The zero-order valence-corrected chi connectivity index (χ0v) is 9.51. The second-order valence-electron chi connectivity index (χ2n) is 3.83. The highest BCUT2D eigenvalue weighted by Gasteiger charge is 2.29. The van der Waals surface area contributed by atoms with Crippen molar-refractivity contribution in [2.75, 3.05) is 7.11 Å². The van der Waals surface area contributed by atoms with Crippen LogP contribution in [0, 0.1) is 5.92 Å². The fourth-order valence-electron chi connectivity index (χ4n) is 2.00. The Hall–Kier alpha value is -1.64. The van der Waals surface area contributed by atoms with Crippen LogP contribution < -0.4 is 0 Å². The third-order valence-electron chi connectivity index (χ3n) is 2.87. The highest BCUT2D eigenvalue weighted by Crippen LogP contribution is 2.29. The number of nitrogens with zero attached hydrogens (tertiary/aromatic N) is 1. The van der Waals surface area contributed by atoms with Crippen LogP contribution in [0.5, 0.6) is 0 Å². The third-order valence-corrected chi connectivity index (χ3v) is 2.87. The molecule has 0 aromatic rings. The van der Waals surface area contributed by atoms with Crippen LogP contribution in [0.2, 0.25) is 0 Å². The maximum absolute atomic E-state index is 11.8. The molecule has 1 aliphatic carbocycles. The summed E-state index contributed by atoms with van der Waals surface area (Å²) in [6.07, 6.45) is 10.2. The number of dihydropyridines is 1. The van der Waals surface area contributed by atoms with E-state index >= 15 is 0 Å². The lowest BCUT2D eigenvalue weighted by Crippen LogP contribution is -2.28. The first-order chi connectivity index (χ1) is 7.76. The molecule has 0 fully saturated rings. The van der Waals surface area contributed by atoms with Gasteiger partial charge in [-0.3, -0.25) is 4.79 Å². The van der Waals surface area contributed by atoms with Crippen LogP contribution in [0.25, 0.3) is 0 Å². The molecule has 0 bridgehead atoms. The Bertz CT molecular complexity index is 416. The summed E-state index contributed by atoms with van der Waals surface area (Å²) in [5.41, 5.74) is 0.806. The Morgan fingerprint density at radius 3 is 2.88 bits per heavy atom. The maximum atomic E-state index is 11.8. The number of ether oxygens (including phenoxy) is 1. The minimum atomic E-state index is 0.00968. The molecular formula is C13H15NO2. The number of carbonyl (C=O) groups excluding carboxylic acids is 1. The number of hydrogen-bond acceptors (Lipinski definition) is 3. The molecule has 0 radical (unpaired) electrons. The largest absolute Gasteiger partial charge is 0.481 e. The van der Waals surface area contributed by atoms with Crippen molar-refractivity contribution in [2.45, 2.75) is 19.4 Å². The molecule has 0 saturated heterocycles. The van der Waals surface area contributed by atoms with E-state index < -0.39 is 0 Å². The Morgan fingerprint density at radius 2 is 2.19 bits per heavy atom. The molecule has 0 amide bonds. The second kappa shape index (κ2) is 4.47. The van der Waals surface area contributed by atoms with Gasteiger partial charge in [-0.25, -0.2) is 4.99 Å². The number of methoxy groups -OCH3 is 1. The highest BCUT2D eigenvalue weighted by atomic mass is 16.5. The van der Waals surface area contributed by atoms with Crippen LogP contribution in [0.4, 0.5) is 0 Å². The van der Waals surface area contributed by atoms with Crippen molar-refractivity contribution in [1.29, 1.82) is 0 Å². The van der Waals surface area contributed by atoms with Gasteiger partial charge in [-0.15, -0.1) is 0 Å². The molecule has 3 nitrogen and oxygen atoms in total. The molecule has 1 aliphatic heterocycles. The van der Waals surface area contributed by atoms with E-state index in [-0.39, 0.29) is 17.7 Å². The summed E-state index contributed by atoms with van der Waals surface area (Å²) < 4.78 is 5.13. The van der Waals surface area contributed by atoms with Gasteiger partial charge in [0.25, 0.3) is 0 Å². The van der Waals surface area contributed by atoms with Crippen molar-refractivity contribution in [1.82, 2.24) is 0 Å². The Kier molecular flexibility index (Phi) is 3.04. The smallest absolute Gasteiger partial charge is 0.209 e. The molecule has 2 aliphatic rings. The predicted octanol–water partition coefficient (Wildman–Crippen LogP) is 2.06. The van der Waals surface area contributed by atoms with Crippen molar-refractivity contribution in [2.24, 2.45) is 10.9 Å². The van der Waals surface area contributed by atoms with Gasteiger partial charge in [-0.05, 0) is 0 Å². The molecule has 0 aromatic carbocycles. The van der Waals surface area contributed by atoms with Gasteiger partial charge < -0.3 is 4.74 Å². The Labute approximate surface area is 95.2 Å². The van der Waals surface area contributed by atoms with E-state index in [4.69, 9.17) is 4.74 Å². The van der Waals surface area contributed by atoms with E-state index in [2.05, 4.69) is 4.99 Å². The molecule has 0 spiro atoms. The predicted molar refractivity (Wildman–Crippen MR) is 63.4 cm³/mol. The van der Waals surface area contributed by atoms with Gasteiger partial charge in [0.15, 0.2) is 5.78 Å². The number of carbonyl (C=O) groups is 1. The lowest BCUT2D eigenvalue weighted by Gasteiger charge is -2.26. The fraction of sp³-hybridized carbons (Fsp3) is 0.385. The van der Waals surface area contributed by atoms with Crippen LogP contribution in [-0.2, 0) is 9.53 Å². The molecule has 0 N–H and O–H groups in total. The molecular weight excluding hydrogens is 202 g/mol. The molecule has 0 saturated carbocycles. The normalized spacial score (nSPS) is 26.9. The SMILES string of the molecule is CCC(=O)C1=CC(OC)=N[C@H]2C=CC=CC12. The van der Waals surface area contributed by atoms with Crippen LogP contribution in [-0.4, -0.2) is 24.8 Å². The minimum absolute atomic E-state index is 0.00968. The number of ketones is 1. The lowest BCUT2D eigenvalue weighted by atomic mass is 9.83. The first kappa shape index (κ1) is 10.9. The molecule has 2 rings (SSSR count). The quantitative estimate of drug-likeness (QED) is 0.710. The van der Waals surface area contributed by atoms with Crippen molar-refractivity contribution in [3.63, 3.8) is 0 Å². The molecule has 16 heavy (non-hydrogen) atoms. The average Bonchev–Trinajstić information content (AvgIpc) is 2.36. The Balaban J connectivity index is 2.36. The number of allylic oxidation sites excluding steroid dienone is 2. The zero-order chi connectivity index (χ0) is 11.5. The van der Waals surface area contributed by atoms with Gasteiger partial charge in [0, 0.05) is 24.0 Å². The number of fused-ring (bicyclic) bond motifs is 1. The Morgan fingerprint density at radius 1 is 1.44 bits per heavy atom. The summed E-state index contributed by atoms with van der Waals surface area (Å²) in [5, 5.41) is 0. The first-order valence-corrected chi connectivity index (χ1v) is 5.47. The molecule has 1 unspecified atom stereocenters. The number of aliphatic imine (C=N–C) groups is 1. The molecule has 84 valence electrons. The van der Waals surface area contributed by atoms with E-state index in [1.807, 2.05) is 31.2 Å². The van der Waals surface area contributed by atoms with E-state index in [1.54, 1.807) is 13.2 Å². The molecule has 2 atom stereocenters. The number of Topliss-reactive ketones (excluding diaryl/α,β-unsaturated/α-hetero) is 1. The average molecular weight is 217 g/mol. The second-order valence-corrected chi connectivity index (χ2v) is 3.83. The van der Waals surface area contributed by atoms with Gasteiger partial charge in [0.1, 0.15) is 0 Å². The maximum Gasteiger partial charge on any atom is 0.209 e. The van der Waals surface area contributed by atoms with Crippen molar-refractivity contribution in [3.05, 3.63) is 36.0 Å².